The average molecular weight is 345 g/mol. The number of nitrogens with zero attached hydrogens (tertiary/aromatic N) is 1. The van der Waals surface area contributed by atoms with Crippen LogP contribution < -0.4 is 4.74 Å². The van der Waals surface area contributed by atoms with Gasteiger partial charge in [0.25, 0.3) is 0 Å². The molecule has 0 saturated carbocycles. The van der Waals surface area contributed by atoms with Crippen molar-refractivity contribution in [2.75, 3.05) is 13.2 Å². The van der Waals surface area contributed by atoms with Crippen molar-refractivity contribution >= 4 is 11.9 Å². The molecule has 0 bridgehead atoms. The van der Waals surface area contributed by atoms with Crippen LogP contribution in [-0.4, -0.2) is 46.7 Å². The highest BCUT2D eigenvalue weighted by Gasteiger charge is 2.45. The summed E-state index contributed by atoms with van der Waals surface area (Å²) in [6.45, 7) is 0.447. The second-order valence-corrected chi connectivity index (χ2v) is 5.96. The molecule has 2 rings (SSSR count). The molecule has 1 atom stereocenters. The van der Waals surface area contributed by atoms with E-state index in [1.807, 2.05) is 0 Å². The van der Waals surface area contributed by atoms with Gasteiger partial charge in [-0.3, -0.25) is 4.79 Å². The van der Waals surface area contributed by atoms with E-state index >= 15 is 0 Å². The van der Waals surface area contributed by atoms with E-state index in [0.717, 1.165) is 0 Å². The Balaban J connectivity index is 2.05. The maximum atomic E-state index is 12.4. The highest BCUT2D eigenvalue weighted by atomic mass is 19.4. The van der Waals surface area contributed by atoms with Crippen molar-refractivity contribution in [1.82, 2.24) is 4.90 Å². The molecule has 1 aliphatic rings. The molecule has 1 amide bonds. The fourth-order valence-corrected chi connectivity index (χ4v) is 2.77. The van der Waals surface area contributed by atoms with Gasteiger partial charge in [0.1, 0.15) is 11.3 Å². The van der Waals surface area contributed by atoms with Gasteiger partial charge >= 0.3 is 12.1 Å². The molecule has 1 heterocycles. The molecule has 1 aliphatic heterocycles. The Hall–Kier alpha value is -2.25. The number of aliphatic carboxylic acids is 1. The SMILES string of the molecule is CC1(C(=O)O)CCCN1C(=O)Cc1cccc(OCC(F)(F)F)c1. The summed E-state index contributed by atoms with van der Waals surface area (Å²) in [4.78, 5) is 25.1. The lowest BCUT2D eigenvalue weighted by molar-refractivity contribution is -0.155. The number of rotatable bonds is 5. The summed E-state index contributed by atoms with van der Waals surface area (Å²) >= 11 is 0. The molecular weight excluding hydrogens is 327 g/mol. The van der Waals surface area contributed by atoms with Crippen molar-refractivity contribution in [3.63, 3.8) is 0 Å². The number of alkyl halides is 3. The Labute approximate surface area is 137 Å². The zero-order valence-electron chi connectivity index (χ0n) is 13.1. The summed E-state index contributed by atoms with van der Waals surface area (Å²) in [5.41, 5.74) is -0.763. The lowest BCUT2D eigenvalue weighted by atomic mass is 9.98. The van der Waals surface area contributed by atoms with Gasteiger partial charge in [-0.2, -0.15) is 13.2 Å². The third kappa shape index (κ3) is 4.18. The highest BCUT2D eigenvalue weighted by Crippen LogP contribution is 2.30. The largest absolute Gasteiger partial charge is 0.484 e. The zero-order chi connectivity index (χ0) is 18.0. The van der Waals surface area contributed by atoms with Crippen molar-refractivity contribution < 1.29 is 32.6 Å². The van der Waals surface area contributed by atoms with E-state index in [-0.39, 0.29) is 18.1 Å². The van der Waals surface area contributed by atoms with E-state index in [1.165, 1.54) is 30.0 Å². The van der Waals surface area contributed by atoms with Crippen LogP contribution in [0.25, 0.3) is 0 Å². The number of benzene rings is 1. The summed E-state index contributed by atoms with van der Waals surface area (Å²) in [6, 6.07) is 5.82. The number of likely N-dealkylation sites (tertiary alicyclic amines) is 1. The van der Waals surface area contributed by atoms with E-state index in [0.29, 0.717) is 24.9 Å². The summed E-state index contributed by atoms with van der Waals surface area (Å²) in [6.07, 6.45) is -3.55. The Bertz CT molecular complexity index is 632. The number of hydrogen-bond acceptors (Lipinski definition) is 3. The van der Waals surface area contributed by atoms with Gasteiger partial charge in [-0.1, -0.05) is 12.1 Å². The lowest BCUT2D eigenvalue weighted by Crippen LogP contribution is -2.51. The van der Waals surface area contributed by atoms with Gasteiger partial charge in [0.05, 0.1) is 6.42 Å². The van der Waals surface area contributed by atoms with E-state index in [1.54, 1.807) is 6.07 Å². The smallest absolute Gasteiger partial charge is 0.422 e. The standard InChI is InChI=1S/C16H18F3NO4/c1-15(14(22)23)6-3-7-20(15)13(21)9-11-4-2-5-12(8-11)24-10-16(17,18)19/h2,4-5,8H,3,6-7,9-10H2,1H3,(H,22,23). The van der Waals surface area contributed by atoms with Gasteiger partial charge < -0.3 is 14.7 Å². The van der Waals surface area contributed by atoms with Gasteiger partial charge in [-0.25, -0.2) is 4.79 Å². The fraction of sp³-hybridized carbons (Fsp3) is 0.500. The normalized spacial score (nSPS) is 20.9. The molecule has 1 unspecified atom stereocenters. The van der Waals surface area contributed by atoms with E-state index < -0.39 is 24.3 Å². The molecule has 8 heteroatoms. The minimum Gasteiger partial charge on any atom is -0.484 e. The van der Waals surface area contributed by atoms with Crippen molar-refractivity contribution in [1.29, 1.82) is 0 Å². The molecular formula is C16H18F3NO4. The third-order valence-electron chi connectivity index (χ3n) is 4.06. The lowest BCUT2D eigenvalue weighted by Gasteiger charge is -2.31. The second-order valence-electron chi connectivity index (χ2n) is 5.96. The number of amides is 1. The second kappa shape index (κ2) is 6.70. The van der Waals surface area contributed by atoms with Gasteiger partial charge in [-0.05, 0) is 37.5 Å². The number of carbonyl (C=O) groups excluding carboxylic acids is 1. The molecule has 0 aliphatic carbocycles. The van der Waals surface area contributed by atoms with Crippen LogP contribution in [0, 0.1) is 0 Å². The molecule has 0 radical (unpaired) electrons. The number of ether oxygens (including phenoxy) is 1. The van der Waals surface area contributed by atoms with Crippen LogP contribution in [0.4, 0.5) is 13.2 Å². The highest BCUT2D eigenvalue weighted by molar-refractivity contribution is 5.88. The molecule has 1 aromatic rings. The summed E-state index contributed by atoms with van der Waals surface area (Å²) in [7, 11) is 0. The molecule has 1 N–H and O–H groups in total. The Morgan fingerprint density at radius 3 is 2.71 bits per heavy atom. The molecule has 132 valence electrons. The Morgan fingerprint density at radius 2 is 2.08 bits per heavy atom. The van der Waals surface area contributed by atoms with Gasteiger partial charge in [0, 0.05) is 6.54 Å². The Morgan fingerprint density at radius 1 is 1.38 bits per heavy atom. The van der Waals surface area contributed by atoms with E-state index in [9.17, 15) is 27.9 Å². The number of carboxylic acid groups (broad SMARTS) is 1. The quantitative estimate of drug-likeness (QED) is 0.891. The molecule has 1 saturated heterocycles. The van der Waals surface area contributed by atoms with Crippen LogP contribution in [0.2, 0.25) is 0 Å². The topological polar surface area (TPSA) is 66.8 Å². The minimum absolute atomic E-state index is 0.0139. The maximum absolute atomic E-state index is 12.4. The predicted octanol–water partition coefficient (Wildman–Crippen LogP) is 2.64. The van der Waals surface area contributed by atoms with Crippen molar-refractivity contribution in [2.45, 2.75) is 37.9 Å². The monoisotopic (exact) mass is 345 g/mol. The van der Waals surface area contributed by atoms with Crippen LogP contribution in [0.5, 0.6) is 5.75 Å². The zero-order valence-corrected chi connectivity index (χ0v) is 13.1. The molecule has 1 fully saturated rings. The predicted molar refractivity (Wildman–Crippen MR) is 78.7 cm³/mol. The number of halogens is 3. The summed E-state index contributed by atoms with van der Waals surface area (Å²) in [5, 5.41) is 9.33. The number of hydrogen-bond donors (Lipinski definition) is 1. The summed E-state index contributed by atoms with van der Waals surface area (Å²) < 4.78 is 41.2. The van der Waals surface area contributed by atoms with Gasteiger partial charge in [0.2, 0.25) is 5.91 Å². The Kier molecular flexibility index (Phi) is 5.05. The molecule has 24 heavy (non-hydrogen) atoms. The molecule has 0 spiro atoms. The van der Waals surface area contributed by atoms with Crippen LogP contribution in [0.15, 0.2) is 24.3 Å². The van der Waals surface area contributed by atoms with Crippen molar-refractivity contribution in [3.05, 3.63) is 29.8 Å². The van der Waals surface area contributed by atoms with Crippen molar-refractivity contribution in [3.8, 4) is 5.75 Å². The fourth-order valence-electron chi connectivity index (χ4n) is 2.77. The summed E-state index contributed by atoms with van der Waals surface area (Å²) in [5.74, 6) is -1.42. The van der Waals surface area contributed by atoms with Gasteiger partial charge in [0.15, 0.2) is 6.61 Å². The molecule has 1 aromatic carbocycles. The number of carbonyl (C=O) groups is 2. The van der Waals surface area contributed by atoms with Crippen LogP contribution in [-0.2, 0) is 16.0 Å². The first-order chi connectivity index (χ1) is 11.1. The van der Waals surface area contributed by atoms with Crippen LogP contribution >= 0.6 is 0 Å². The van der Waals surface area contributed by atoms with E-state index in [2.05, 4.69) is 4.74 Å². The van der Waals surface area contributed by atoms with E-state index in [4.69, 9.17) is 0 Å². The first kappa shape index (κ1) is 18.1. The first-order valence-electron chi connectivity index (χ1n) is 7.44. The average Bonchev–Trinajstić information content (AvgIpc) is 2.88. The maximum Gasteiger partial charge on any atom is 0.422 e. The minimum atomic E-state index is -4.44. The first-order valence-corrected chi connectivity index (χ1v) is 7.44. The molecule has 0 aromatic heterocycles. The molecule has 5 nitrogen and oxygen atoms in total. The van der Waals surface area contributed by atoms with Crippen LogP contribution in [0.3, 0.4) is 0 Å². The van der Waals surface area contributed by atoms with Crippen molar-refractivity contribution in [2.24, 2.45) is 0 Å². The van der Waals surface area contributed by atoms with Crippen LogP contribution in [0.1, 0.15) is 25.3 Å². The third-order valence-corrected chi connectivity index (χ3v) is 4.06. The number of carboxylic acids is 1. The van der Waals surface area contributed by atoms with Gasteiger partial charge in [-0.15, -0.1) is 0 Å².